The molecule has 2 rings (SSSR count). The highest BCUT2D eigenvalue weighted by atomic mass is 16.2. The summed E-state index contributed by atoms with van der Waals surface area (Å²) in [5, 5.41) is 0. The minimum absolute atomic E-state index is 0.184. The van der Waals surface area contributed by atoms with Gasteiger partial charge in [0, 0.05) is 50.7 Å². The van der Waals surface area contributed by atoms with Gasteiger partial charge in [-0.3, -0.25) is 4.79 Å². The number of hydrogen-bond acceptors (Lipinski definition) is 3. The van der Waals surface area contributed by atoms with Gasteiger partial charge in [0.15, 0.2) is 0 Å². The molecule has 158 valence electrons. The first-order valence-electron chi connectivity index (χ1n) is 10.8. The summed E-state index contributed by atoms with van der Waals surface area (Å²) in [5.74, 6) is 0.703. The van der Waals surface area contributed by atoms with Crippen molar-refractivity contribution < 1.29 is 4.79 Å². The van der Waals surface area contributed by atoms with Crippen molar-refractivity contribution in [1.29, 1.82) is 0 Å². The smallest absolute Gasteiger partial charge is 0.227 e. The maximum absolute atomic E-state index is 13.0. The van der Waals surface area contributed by atoms with Crippen LogP contribution in [0.2, 0.25) is 0 Å². The third-order valence-corrected chi connectivity index (χ3v) is 5.32. The van der Waals surface area contributed by atoms with E-state index in [4.69, 9.17) is 0 Å². The zero-order chi connectivity index (χ0) is 21.4. The number of carbonyl (C=O) groups excluding carboxylic acids is 1. The Morgan fingerprint density at radius 3 is 1.83 bits per heavy atom. The lowest BCUT2D eigenvalue weighted by Gasteiger charge is -2.25. The standard InChI is InChI=1S/C25H37N3O/c1-7-27(8-2)23-12-10-21(11-13-23)19-28(25(29)18-9-20(3)4)24-16-14-22(15-17-24)26(5)6/h10-17,20H,7-9,18-19H2,1-6H3. The lowest BCUT2D eigenvalue weighted by Crippen LogP contribution is -2.30. The molecule has 0 N–H and O–H groups in total. The van der Waals surface area contributed by atoms with Crippen LogP contribution in [0.15, 0.2) is 48.5 Å². The highest BCUT2D eigenvalue weighted by Gasteiger charge is 2.17. The van der Waals surface area contributed by atoms with Crippen LogP contribution < -0.4 is 14.7 Å². The van der Waals surface area contributed by atoms with Crippen LogP contribution in [0.25, 0.3) is 0 Å². The molecule has 4 nitrogen and oxygen atoms in total. The van der Waals surface area contributed by atoms with Crippen LogP contribution >= 0.6 is 0 Å². The second-order valence-electron chi connectivity index (χ2n) is 8.16. The van der Waals surface area contributed by atoms with Gasteiger partial charge in [0.1, 0.15) is 0 Å². The molecule has 2 aromatic carbocycles. The van der Waals surface area contributed by atoms with Gasteiger partial charge in [0.25, 0.3) is 0 Å². The Balaban J connectivity index is 2.23. The Kier molecular flexibility index (Phi) is 8.56. The van der Waals surface area contributed by atoms with E-state index in [9.17, 15) is 4.79 Å². The Morgan fingerprint density at radius 2 is 1.34 bits per heavy atom. The van der Waals surface area contributed by atoms with Crippen molar-refractivity contribution in [2.75, 3.05) is 41.9 Å². The van der Waals surface area contributed by atoms with E-state index in [-0.39, 0.29) is 5.91 Å². The molecule has 2 aromatic rings. The molecular weight excluding hydrogens is 358 g/mol. The lowest BCUT2D eigenvalue weighted by atomic mass is 10.1. The molecule has 0 aromatic heterocycles. The molecule has 29 heavy (non-hydrogen) atoms. The van der Waals surface area contributed by atoms with Gasteiger partial charge in [0.2, 0.25) is 5.91 Å². The van der Waals surface area contributed by atoms with E-state index in [2.05, 4.69) is 73.9 Å². The molecule has 0 unspecified atom stereocenters. The van der Waals surface area contributed by atoms with Crippen molar-refractivity contribution in [1.82, 2.24) is 0 Å². The van der Waals surface area contributed by atoms with E-state index >= 15 is 0 Å². The summed E-state index contributed by atoms with van der Waals surface area (Å²) in [6, 6.07) is 16.8. The SMILES string of the molecule is CCN(CC)c1ccc(CN(C(=O)CCC(C)C)c2ccc(N(C)C)cc2)cc1. The fourth-order valence-electron chi connectivity index (χ4n) is 3.38. The first-order chi connectivity index (χ1) is 13.8. The van der Waals surface area contributed by atoms with E-state index < -0.39 is 0 Å². The maximum Gasteiger partial charge on any atom is 0.227 e. The molecule has 4 heteroatoms. The topological polar surface area (TPSA) is 26.8 Å². The van der Waals surface area contributed by atoms with E-state index in [0.717, 1.165) is 36.4 Å². The lowest BCUT2D eigenvalue weighted by molar-refractivity contribution is -0.119. The molecule has 0 saturated carbocycles. The summed E-state index contributed by atoms with van der Waals surface area (Å²) in [5.41, 5.74) is 4.46. The largest absolute Gasteiger partial charge is 0.378 e. The fourth-order valence-corrected chi connectivity index (χ4v) is 3.38. The molecule has 0 spiro atoms. The second-order valence-corrected chi connectivity index (χ2v) is 8.16. The first-order valence-corrected chi connectivity index (χ1v) is 10.8. The molecule has 0 radical (unpaired) electrons. The van der Waals surface area contributed by atoms with Gasteiger partial charge in [-0.1, -0.05) is 26.0 Å². The second kappa shape index (κ2) is 10.9. The predicted molar refractivity (Wildman–Crippen MR) is 126 cm³/mol. The highest BCUT2D eigenvalue weighted by Crippen LogP contribution is 2.24. The van der Waals surface area contributed by atoms with Crippen LogP contribution in [0.1, 0.15) is 46.1 Å². The summed E-state index contributed by atoms with van der Waals surface area (Å²) in [6.07, 6.45) is 1.48. The van der Waals surface area contributed by atoms with Gasteiger partial charge in [-0.15, -0.1) is 0 Å². The Morgan fingerprint density at radius 1 is 0.828 bits per heavy atom. The third kappa shape index (κ3) is 6.52. The summed E-state index contributed by atoms with van der Waals surface area (Å²) in [7, 11) is 4.05. The quantitative estimate of drug-likeness (QED) is 0.526. The number of amides is 1. The first kappa shape index (κ1) is 22.8. The Hall–Kier alpha value is -2.49. The van der Waals surface area contributed by atoms with E-state index in [1.807, 2.05) is 31.1 Å². The predicted octanol–water partition coefficient (Wildman–Crippen LogP) is 5.57. The molecular formula is C25H37N3O. The average molecular weight is 396 g/mol. The van der Waals surface area contributed by atoms with Crippen LogP contribution in [0.5, 0.6) is 0 Å². The van der Waals surface area contributed by atoms with Gasteiger partial charge in [-0.25, -0.2) is 0 Å². The van der Waals surface area contributed by atoms with Crippen LogP contribution in [0.4, 0.5) is 17.1 Å². The number of carbonyl (C=O) groups is 1. The zero-order valence-corrected chi connectivity index (χ0v) is 19.0. The normalized spacial score (nSPS) is 10.9. The maximum atomic E-state index is 13.0. The molecule has 0 aliphatic rings. The fraction of sp³-hybridized carbons (Fsp3) is 0.480. The molecule has 0 atom stereocenters. The third-order valence-electron chi connectivity index (χ3n) is 5.32. The summed E-state index contributed by atoms with van der Waals surface area (Å²) >= 11 is 0. The summed E-state index contributed by atoms with van der Waals surface area (Å²) < 4.78 is 0. The molecule has 0 aliphatic heterocycles. The molecule has 0 bridgehead atoms. The Labute approximate surface area is 177 Å². The zero-order valence-electron chi connectivity index (χ0n) is 19.0. The van der Waals surface area contributed by atoms with Gasteiger partial charge < -0.3 is 14.7 Å². The number of anilines is 3. The number of hydrogen-bond donors (Lipinski definition) is 0. The molecule has 0 aliphatic carbocycles. The molecule has 0 saturated heterocycles. The van der Waals surface area contributed by atoms with Crippen molar-refractivity contribution in [3.8, 4) is 0 Å². The van der Waals surface area contributed by atoms with Crippen molar-refractivity contribution in [2.45, 2.75) is 47.1 Å². The van der Waals surface area contributed by atoms with Crippen LogP contribution in [-0.4, -0.2) is 33.1 Å². The van der Waals surface area contributed by atoms with Crippen molar-refractivity contribution in [3.63, 3.8) is 0 Å². The average Bonchev–Trinajstić information content (AvgIpc) is 2.72. The van der Waals surface area contributed by atoms with Crippen LogP contribution in [0, 0.1) is 5.92 Å². The van der Waals surface area contributed by atoms with Gasteiger partial charge in [0.05, 0.1) is 6.54 Å². The number of benzene rings is 2. The van der Waals surface area contributed by atoms with Gasteiger partial charge >= 0.3 is 0 Å². The summed E-state index contributed by atoms with van der Waals surface area (Å²) in [4.78, 5) is 19.4. The number of nitrogens with zero attached hydrogens (tertiary/aromatic N) is 3. The molecule has 0 fully saturated rings. The number of rotatable bonds is 10. The molecule has 0 heterocycles. The van der Waals surface area contributed by atoms with E-state index in [1.165, 1.54) is 5.69 Å². The van der Waals surface area contributed by atoms with Crippen molar-refractivity contribution in [3.05, 3.63) is 54.1 Å². The monoisotopic (exact) mass is 395 g/mol. The van der Waals surface area contributed by atoms with Gasteiger partial charge in [-0.2, -0.15) is 0 Å². The van der Waals surface area contributed by atoms with Crippen molar-refractivity contribution in [2.24, 2.45) is 5.92 Å². The highest BCUT2D eigenvalue weighted by molar-refractivity contribution is 5.93. The van der Waals surface area contributed by atoms with Crippen LogP contribution in [0.3, 0.4) is 0 Å². The van der Waals surface area contributed by atoms with Gasteiger partial charge in [-0.05, 0) is 68.1 Å². The van der Waals surface area contributed by atoms with E-state index in [0.29, 0.717) is 18.9 Å². The van der Waals surface area contributed by atoms with E-state index in [1.54, 1.807) is 0 Å². The Bertz CT molecular complexity index is 747. The summed E-state index contributed by atoms with van der Waals surface area (Å²) in [6.45, 7) is 11.2. The molecule has 1 amide bonds. The minimum Gasteiger partial charge on any atom is -0.378 e. The minimum atomic E-state index is 0.184. The van der Waals surface area contributed by atoms with Crippen LogP contribution in [-0.2, 0) is 11.3 Å². The van der Waals surface area contributed by atoms with Crippen molar-refractivity contribution >= 4 is 23.0 Å².